The lowest BCUT2D eigenvalue weighted by atomic mass is 9.89. The molecule has 10 nitrogen and oxygen atoms in total. The molecule has 1 aromatic rings. The Labute approximate surface area is 233 Å². The van der Waals surface area contributed by atoms with E-state index in [1.54, 1.807) is 0 Å². The minimum atomic E-state index is -5.73. The molecule has 2 saturated carbocycles. The Hall–Kier alpha value is -2.80. The SMILES string of the molecule is O=C(OCC(F)(F)S(=O)(=O)O)c1ccc(N(CCOC(=O)C2CCCCC2)CCOC(=O)C2CCCCC2)cc1. The second-order valence-electron chi connectivity index (χ2n) is 10.2. The third kappa shape index (κ3) is 9.39. The van der Waals surface area contributed by atoms with E-state index in [0.29, 0.717) is 5.69 Å². The van der Waals surface area contributed by atoms with Crippen molar-refractivity contribution in [3.05, 3.63) is 29.8 Å². The standard InChI is InChI=1S/C27H37F2NO9S/c28-27(29,40(34,35)36)19-39-26(33)22-11-13-23(14-12-22)30(15-17-37-24(31)20-7-3-1-4-8-20)16-18-38-25(32)21-9-5-2-6-10-21/h11-14,20-21H,1-10,15-19H2,(H,34,35,36). The number of esters is 3. The van der Waals surface area contributed by atoms with Crippen LogP contribution in [-0.2, 0) is 33.9 Å². The van der Waals surface area contributed by atoms with E-state index >= 15 is 0 Å². The van der Waals surface area contributed by atoms with Crippen molar-refractivity contribution in [2.75, 3.05) is 37.8 Å². The number of ether oxygens (including phenoxy) is 3. The van der Waals surface area contributed by atoms with Gasteiger partial charge in [-0.2, -0.15) is 17.2 Å². The van der Waals surface area contributed by atoms with E-state index < -0.39 is 27.9 Å². The Morgan fingerprint density at radius 3 is 1.68 bits per heavy atom. The van der Waals surface area contributed by atoms with Gasteiger partial charge in [-0.05, 0) is 49.9 Å². The van der Waals surface area contributed by atoms with Crippen LogP contribution in [-0.4, -0.2) is 69.0 Å². The van der Waals surface area contributed by atoms with E-state index in [0.717, 1.165) is 64.2 Å². The van der Waals surface area contributed by atoms with Gasteiger partial charge in [0.2, 0.25) is 0 Å². The van der Waals surface area contributed by atoms with Gasteiger partial charge in [-0.3, -0.25) is 14.1 Å². The van der Waals surface area contributed by atoms with Gasteiger partial charge in [0.15, 0.2) is 6.61 Å². The lowest BCUT2D eigenvalue weighted by Gasteiger charge is -2.26. The fourth-order valence-electron chi connectivity index (χ4n) is 4.91. The molecule has 2 fully saturated rings. The van der Waals surface area contributed by atoms with Gasteiger partial charge in [0.1, 0.15) is 13.2 Å². The first kappa shape index (κ1) is 31.7. The lowest BCUT2D eigenvalue weighted by Crippen LogP contribution is -2.34. The van der Waals surface area contributed by atoms with E-state index in [2.05, 4.69) is 4.74 Å². The highest BCUT2D eigenvalue weighted by atomic mass is 32.2. The Kier molecular flexibility index (Phi) is 11.7. The van der Waals surface area contributed by atoms with Crippen LogP contribution in [0.5, 0.6) is 0 Å². The summed E-state index contributed by atoms with van der Waals surface area (Å²) in [5.41, 5.74) is 0.463. The van der Waals surface area contributed by atoms with Gasteiger partial charge >= 0.3 is 33.3 Å². The van der Waals surface area contributed by atoms with Gasteiger partial charge in [0, 0.05) is 5.69 Å². The highest BCUT2D eigenvalue weighted by Gasteiger charge is 2.45. The van der Waals surface area contributed by atoms with Crippen LogP contribution >= 0.6 is 0 Å². The molecule has 40 heavy (non-hydrogen) atoms. The first-order chi connectivity index (χ1) is 19.0. The van der Waals surface area contributed by atoms with Crippen molar-refractivity contribution in [1.82, 2.24) is 0 Å². The van der Waals surface area contributed by atoms with Crippen LogP contribution < -0.4 is 4.90 Å². The molecule has 0 radical (unpaired) electrons. The zero-order valence-electron chi connectivity index (χ0n) is 22.4. The van der Waals surface area contributed by atoms with Gasteiger partial charge in [-0.25, -0.2) is 4.79 Å². The summed E-state index contributed by atoms with van der Waals surface area (Å²) in [6, 6.07) is 5.64. The Morgan fingerprint density at radius 2 is 1.25 bits per heavy atom. The van der Waals surface area contributed by atoms with Crippen molar-refractivity contribution in [3.8, 4) is 0 Å². The lowest BCUT2D eigenvalue weighted by molar-refractivity contribution is -0.149. The zero-order valence-corrected chi connectivity index (χ0v) is 23.2. The van der Waals surface area contributed by atoms with Gasteiger partial charge < -0.3 is 19.1 Å². The predicted molar refractivity (Wildman–Crippen MR) is 141 cm³/mol. The van der Waals surface area contributed by atoms with Crippen LogP contribution in [0, 0.1) is 11.8 Å². The molecule has 0 saturated heterocycles. The minimum absolute atomic E-state index is 0.0976. The molecule has 0 aliphatic heterocycles. The summed E-state index contributed by atoms with van der Waals surface area (Å²) < 4.78 is 72.1. The number of anilines is 1. The van der Waals surface area contributed by atoms with E-state index in [-0.39, 0.29) is 55.6 Å². The average molecular weight is 590 g/mol. The number of carbonyl (C=O) groups is 3. The molecule has 1 N–H and O–H groups in total. The highest BCUT2D eigenvalue weighted by molar-refractivity contribution is 7.86. The minimum Gasteiger partial charge on any atom is -0.464 e. The fourth-order valence-corrected chi connectivity index (χ4v) is 5.12. The quantitative estimate of drug-likeness (QED) is 0.201. The largest absolute Gasteiger partial charge is 0.464 e. The van der Waals surface area contributed by atoms with E-state index in [4.69, 9.17) is 14.0 Å². The van der Waals surface area contributed by atoms with Gasteiger partial charge in [0.25, 0.3) is 0 Å². The van der Waals surface area contributed by atoms with Crippen molar-refractivity contribution in [2.24, 2.45) is 11.8 Å². The second kappa shape index (κ2) is 14.7. The summed E-state index contributed by atoms with van der Waals surface area (Å²) in [5.74, 6) is -1.87. The van der Waals surface area contributed by atoms with Crippen LogP contribution in [0.15, 0.2) is 24.3 Å². The number of carbonyl (C=O) groups excluding carboxylic acids is 3. The summed E-state index contributed by atoms with van der Waals surface area (Å²) >= 11 is 0. The molecule has 0 aromatic heterocycles. The topological polar surface area (TPSA) is 137 Å². The number of halogens is 2. The van der Waals surface area contributed by atoms with Crippen molar-refractivity contribution >= 4 is 33.7 Å². The van der Waals surface area contributed by atoms with E-state index in [1.165, 1.54) is 24.3 Å². The summed E-state index contributed by atoms with van der Waals surface area (Å²) in [4.78, 5) is 38.8. The van der Waals surface area contributed by atoms with E-state index in [9.17, 15) is 31.6 Å². The molecule has 0 unspecified atom stereocenters. The summed E-state index contributed by atoms with van der Waals surface area (Å²) in [6.07, 6.45) is 9.48. The molecule has 224 valence electrons. The molecule has 13 heteroatoms. The normalized spacial score (nSPS) is 17.2. The Morgan fingerprint density at radius 1 is 0.800 bits per heavy atom. The maximum absolute atomic E-state index is 13.4. The molecule has 0 bridgehead atoms. The fraction of sp³-hybridized carbons (Fsp3) is 0.667. The second-order valence-corrected chi connectivity index (χ2v) is 11.8. The van der Waals surface area contributed by atoms with Crippen molar-refractivity contribution in [1.29, 1.82) is 0 Å². The number of hydrogen-bond donors (Lipinski definition) is 1. The van der Waals surface area contributed by atoms with Crippen LogP contribution in [0.2, 0.25) is 0 Å². The molecule has 1 aromatic carbocycles. The summed E-state index contributed by atoms with van der Waals surface area (Å²) in [5, 5.41) is -4.64. The molecule has 0 atom stereocenters. The van der Waals surface area contributed by atoms with Gasteiger partial charge in [-0.15, -0.1) is 0 Å². The van der Waals surface area contributed by atoms with Crippen molar-refractivity contribution in [3.63, 3.8) is 0 Å². The smallest absolute Gasteiger partial charge is 0.402 e. The van der Waals surface area contributed by atoms with Gasteiger partial charge in [0.05, 0.1) is 30.5 Å². The van der Waals surface area contributed by atoms with Gasteiger partial charge in [-0.1, -0.05) is 38.5 Å². The monoisotopic (exact) mass is 589 g/mol. The molecule has 0 heterocycles. The third-order valence-corrected chi connectivity index (χ3v) is 8.18. The summed E-state index contributed by atoms with van der Waals surface area (Å²) in [7, 11) is -5.73. The van der Waals surface area contributed by atoms with Crippen LogP contribution in [0.25, 0.3) is 0 Å². The van der Waals surface area contributed by atoms with Crippen LogP contribution in [0.3, 0.4) is 0 Å². The van der Waals surface area contributed by atoms with Crippen molar-refractivity contribution < 1.29 is 50.3 Å². The molecule has 2 aliphatic carbocycles. The number of hydrogen-bond acceptors (Lipinski definition) is 9. The first-order valence-corrected chi connectivity index (χ1v) is 15.1. The van der Waals surface area contributed by atoms with Crippen LogP contribution in [0.1, 0.15) is 74.6 Å². The molecule has 0 amide bonds. The van der Waals surface area contributed by atoms with E-state index in [1.807, 2.05) is 4.90 Å². The zero-order chi connectivity index (χ0) is 29.2. The summed E-state index contributed by atoms with van der Waals surface area (Å²) in [6.45, 7) is -1.08. The van der Waals surface area contributed by atoms with Crippen LogP contribution in [0.4, 0.5) is 14.5 Å². The molecule has 0 spiro atoms. The average Bonchev–Trinajstić information content (AvgIpc) is 2.95. The number of rotatable bonds is 13. The number of alkyl halides is 2. The molecule has 3 rings (SSSR count). The third-order valence-electron chi connectivity index (χ3n) is 7.30. The first-order valence-electron chi connectivity index (χ1n) is 13.7. The maximum Gasteiger partial charge on any atom is 0.402 e. The Balaban J connectivity index is 1.59. The molecular weight excluding hydrogens is 552 g/mol. The maximum atomic E-state index is 13.4. The molecule has 2 aliphatic rings. The number of nitrogens with zero attached hydrogens (tertiary/aromatic N) is 1. The number of benzene rings is 1. The van der Waals surface area contributed by atoms with Crippen molar-refractivity contribution in [2.45, 2.75) is 69.5 Å². The molecular formula is C27H37F2NO9S. The highest BCUT2D eigenvalue weighted by Crippen LogP contribution is 2.26. The predicted octanol–water partition coefficient (Wildman–Crippen LogP) is 4.38. The Bertz CT molecular complexity index is 1060.